The highest BCUT2D eigenvalue weighted by Gasteiger charge is 2.21. The number of aromatic nitrogens is 2. The molecular formula is C10H16N4O. The van der Waals surface area contributed by atoms with Crippen molar-refractivity contribution in [3.8, 4) is 5.88 Å². The summed E-state index contributed by atoms with van der Waals surface area (Å²) in [5.74, 6) is 1.34. The molecular weight excluding hydrogens is 192 g/mol. The molecule has 5 nitrogen and oxygen atoms in total. The molecule has 0 saturated carbocycles. The fourth-order valence-electron chi connectivity index (χ4n) is 1.68. The topological polar surface area (TPSA) is 64.3 Å². The fraction of sp³-hybridized carbons (Fsp3) is 0.600. The number of nitrogens with zero attached hydrogens (tertiary/aromatic N) is 3. The lowest BCUT2D eigenvalue weighted by atomic mass is 10.3. The Hall–Kier alpha value is -1.36. The highest BCUT2D eigenvalue weighted by Crippen LogP contribution is 2.17. The normalized spacial score (nSPS) is 20.7. The molecule has 82 valence electrons. The third-order valence-electron chi connectivity index (χ3n) is 2.42. The molecule has 0 aliphatic carbocycles. The predicted molar refractivity (Wildman–Crippen MR) is 58.0 cm³/mol. The number of hydrogen-bond acceptors (Lipinski definition) is 5. The van der Waals surface area contributed by atoms with E-state index in [0.29, 0.717) is 18.4 Å². The predicted octanol–water partition coefficient (Wildman–Crippen LogP) is 0.413. The summed E-state index contributed by atoms with van der Waals surface area (Å²) in [6, 6.07) is 2.01. The van der Waals surface area contributed by atoms with Gasteiger partial charge in [0, 0.05) is 31.4 Å². The van der Waals surface area contributed by atoms with Crippen LogP contribution >= 0.6 is 0 Å². The fourth-order valence-corrected chi connectivity index (χ4v) is 1.68. The molecule has 1 saturated heterocycles. The Kier molecular flexibility index (Phi) is 3.01. The molecule has 2 N–H and O–H groups in total. The number of rotatable bonds is 3. The Balaban J connectivity index is 2.10. The van der Waals surface area contributed by atoms with E-state index in [1.807, 2.05) is 6.92 Å². The van der Waals surface area contributed by atoms with Gasteiger partial charge in [0.1, 0.15) is 0 Å². The van der Waals surface area contributed by atoms with Crippen LogP contribution in [-0.2, 0) is 0 Å². The van der Waals surface area contributed by atoms with Crippen LogP contribution in [0.5, 0.6) is 5.88 Å². The van der Waals surface area contributed by atoms with Crippen LogP contribution in [0.2, 0.25) is 0 Å². The number of hydrogen-bond donors (Lipinski definition) is 1. The zero-order valence-electron chi connectivity index (χ0n) is 8.89. The highest BCUT2D eigenvalue weighted by molar-refractivity contribution is 5.33. The van der Waals surface area contributed by atoms with Crippen molar-refractivity contribution < 1.29 is 4.74 Å². The first-order valence-corrected chi connectivity index (χ1v) is 5.26. The van der Waals surface area contributed by atoms with E-state index >= 15 is 0 Å². The number of ether oxygens (including phenoxy) is 1. The second-order valence-corrected chi connectivity index (χ2v) is 3.62. The second kappa shape index (κ2) is 4.44. The maximum Gasteiger partial charge on any atom is 0.228 e. The van der Waals surface area contributed by atoms with E-state index < -0.39 is 0 Å². The molecule has 5 heteroatoms. The van der Waals surface area contributed by atoms with Gasteiger partial charge in [-0.05, 0) is 13.3 Å². The van der Waals surface area contributed by atoms with E-state index in [-0.39, 0.29) is 6.04 Å². The lowest BCUT2D eigenvalue weighted by molar-refractivity contribution is 0.326. The van der Waals surface area contributed by atoms with E-state index in [9.17, 15) is 0 Å². The quantitative estimate of drug-likeness (QED) is 0.779. The van der Waals surface area contributed by atoms with Crippen LogP contribution in [-0.4, -0.2) is 35.7 Å². The lowest BCUT2D eigenvalue weighted by Gasteiger charge is -2.15. The molecule has 15 heavy (non-hydrogen) atoms. The summed E-state index contributed by atoms with van der Waals surface area (Å²) in [6.45, 7) is 4.32. The highest BCUT2D eigenvalue weighted by atomic mass is 16.5. The van der Waals surface area contributed by atoms with Crippen LogP contribution in [0.1, 0.15) is 13.3 Å². The van der Waals surface area contributed by atoms with Crippen molar-refractivity contribution in [1.29, 1.82) is 0 Å². The van der Waals surface area contributed by atoms with Crippen molar-refractivity contribution in [2.45, 2.75) is 19.4 Å². The van der Waals surface area contributed by atoms with Gasteiger partial charge in [0.2, 0.25) is 11.8 Å². The molecule has 0 bridgehead atoms. The number of anilines is 1. The summed E-state index contributed by atoms with van der Waals surface area (Å²) in [5, 5.41) is 0. The maximum absolute atomic E-state index is 5.83. The zero-order valence-corrected chi connectivity index (χ0v) is 8.89. The van der Waals surface area contributed by atoms with Crippen LogP contribution in [0.3, 0.4) is 0 Å². The van der Waals surface area contributed by atoms with Crippen molar-refractivity contribution >= 4 is 5.95 Å². The molecule has 1 fully saturated rings. The van der Waals surface area contributed by atoms with Crippen molar-refractivity contribution in [2.75, 3.05) is 24.6 Å². The van der Waals surface area contributed by atoms with E-state index in [1.165, 1.54) is 0 Å². The first-order valence-electron chi connectivity index (χ1n) is 5.26. The minimum Gasteiger partial charge on any atom is -0.478 e. The van der Waals surface area contributed by atoms with Crippen LogP contribution < -0.4 is 15.4 Å². The Morgan fingerprint density at radius 1 is 1.67 bits per heavy atom. The molecule has 0 amide bonds. The van der Waals surface area contributed by atoms with Gasteiger partial charge in [-0.3, -0.25) is 0 Å². The summed E-state index contributed by atoms with van der Waals surface area (Å²) >= 11 is 0. The SMILES string of the molecule is CCOc1ccnc(N2CCC(N)C2)n1. The van der Waals surface area contributed by atoms with Crippen LogP contribution in [0, 0.1) is 0 Å². The third kappa shape index (κ3) is 2.36. The van der Waals surface area contributed by atoms with Gasteiger partial charge in [-0.25, -0.2) is 4.98 Å². The Morgan fingerprint density at radius 3 is 3.20 bits per heavy atom. The average molecular weight is 208 g/mol. The van der Waals surface area contributed by atoms with Gasteiger partial charge in [-0.1, -0.05) is 0 Å². The number of nitrogens with two attached hydrogens (primary N) is 1. The smallest absolute Gasteiger partial charge is 0.228 e. The summed E-state index contributed by atoms with van der Waals surface area (Å²) in [5.41, 5.74) is 5.83. The maximum atomic E-state index is 5.83. The molecule has 1 aromatic rings. The Morgan fingerprint density at radius 2 is 2.53 bits per heavy atom. The van der Waals surface area contributed by atoms with Crippen molar-refractivity contribution in [3.63, 3.8) is 0 Å². The summed E-state index contributed by atoms with van der Waals surface area (Å²) in [4.78, 5) is 10.6. The first kappa shape index (κ1) is 10.2. The average Bonchev–Trinajstić information content (AvgIpc) is 2.66. The van der Waals surface area contributed by atoms with Crippen molar-refractivity contribution in [2.24, 2.45) is 5.73 Å². The van der Waals surface area contributed by atoms with Crippen LogP contribution in [0.4, 0.5) is 5.95 Å². The van der Waals surface area contributed by atoms with Gasteiger partial charge in [0.05, 0.1) is 6.61 Å². The van der Waals surface area contributed by atoms with Crippen LogP contribution in [0.15, 0.2) is 12.3 Å². The Labute approximate surface area is 89.3 Å². The van der Waals surface area contributed by atoms with E-state index in [4.69, 9.17) is 10.5 Å². The second-order valence-electron chi connectivity index (χ2n) is 3.62. The molecule has 2 rings (SSSR count). The third-order valence-corrected chi connectivity index (χ3v) is 2.42. The standard InChI is InChI=1S/C10H16N4O/c1-2-15-9-3-5-12-10(13-9)14-6-4-8(11)7-14/h3,5,8H,2,4,6-7,11H2,1H3. The molecule has 0 aromatic carbocycles. The van der Waals surface area contributed by atoms with Gasteiger partial charge in [0.15, 0.2) is 0 Å². The van der Waals surface area contributed by atoms with Gasteiger partial charge in [-0.15, -0.1) is 0 Å². The molecule has 1 aliphatic heterocycles. The minimum absolute atomic E-state index is 0.240. The molecule has 1 aliphatic rings. The van der Waals surface area contributed by atoms with Crippen molar-refractivity contribution in [1.82, 2.24) is 9.97 Å². The zero-order chi connectivity index (χ0) is 10.7. The molecule has 0 radical (unpaired) electrons. The van der Waals surface area contributed by atoms with Gasteiger partial charge in [-0.2, -0.15) is 4.98 Å². The van der Waals surface area contributed by atoms with E-state index in [0.717, 1.165) is 19.5 Å². The van der Waals surface area contributed by atoms with Crippen LogP contribution in [0.25, 0.3) is 0 Å². The summed E-state index contributed by atoms with van der Waals surface area (Å²) < 4.78 is 5.32. The van der Waals surface area contributed by atoms with Crippen molar-refractivity contribution in [3.05, 3.63) is 12.3 Å². The first-order chi connectivity index (χ1) is 7.29. The lowest BCUT2D eigenvalue weighted by Crippen LogP contribution is -2.27. The van der Waals surface area contributed by atoms with Gasteiger partial charge < -0.3 is 15.4 Å². The molecule has 1 aromatic heterocycles. The van der Waals surface area contributed by atoms with E-state index in [2.05, 4.69) is 14.9 Å². The summed E-state index contributed by atoms with van der Waals surface area (Å²) in [6.07, 6.45) is 2.72. The molecule has 0 spiro atoms. The monoisotopic (exact) mass is 208 g/mol. The molecule has 1 atom stereocenters. The van der Waals surface area contributed by atoms with Gasteiger partial charge >= 0.3 is 0 Å². The molecule has 2 heterocycles. The summed E-state index contributed by atoms with van der Waals surface area (Å²) in [7, 11) is 0. The van der Waals surface area contributed by atoms with Gasteiger partial charge in [0.25, 0.3) is 0 Å². The Bertz CT molecular complexity index is 331. The minimum atomic E-state index is 0.240. The molecule has 1 unspecified atom stereocenters. The van der Waals surface area contributed by atoms with E-state index in [1.54, 1.807) is 12.3 Å². The largest absolute Gasteiger partial charge is 0.478 e.